The number of imide groups is 1. The molecule has 0 aromatic carbocycles. The van der Waals surface area contributed by atoms with Crippen molar-refractivity contribution in [1.82, 2.24) is 14.7 Å². The number of nitrogens with zero attached hydrogens (tertiary/aromatic N) is 3. The number of piperazine rings is 1. The van der Waals surface area contributed by atoms with Gasteiger partial charge in [0.05, 0.1) is 13.0 Å². The van der Waals surface area contributed by atoms with E-state index in [0.29, 0.717) is 26.1 Å². The van der Waals surface area contributed by atoms with Crippen molar-refractivity contribution in [3.63, 3.8) is 0 Å². The second-order valence-electron chi connectivity index (χ2n) is 8.06. The number of carbonyl (C=O) groups excluding carboxylic acids is 3. The van der Waals surface area contributed by atoms with E-state index in [1.165, 1.54) is 4.90 Å². The van der Waals surface area contributed by atoms with Crippen LogP contribution in [0, 0.1) is 5.41 Å². The lowest BCUT2D eigenvalue weighted by Crippen LogP contribution is -2.55. The highest BCUT2D eigenvalue weighted by molar-refractivity contribution is 7.09. The molecule has 2 aliphatic heterocycles. The maximum Gasteiger partial charge on any atom is 0.327 e. The first kappa shape index (κ1) is 20.3. The molecule has 1 N–H and O–H groups in total. The van der Waals surface area contributed by atoms with Crippen LogP contribution in [0.5, 0.6) is 0 Å². The van der Waals surface area contributed by atoms with Crippen LogP contribution < -0.4 is 0 Å². The third-order valence-corrected chi connectivity index (χ3v) is 6.12. The normalized spacial score (nSPS) is 19.9. The summed E-state index contributed by atoms with van der Waals surface area (Å²) >= 11 is 1.59. The second-order valence-corrected chi connectivity index (χ2v) is 9.09. The van der Waals surface area contributed by atoms with Gasteiger partial charge >= 0.3 is 12.0 Å². The fourth-order valence-corrected chi connectivity index (χ4v) is 4.45. The number of amides is 4. The number of fused-ring (bicyclic) bond motifs is 1. The average molecular weight is 407 g/mol. The van der Waals surface area contributed by atoms with Crippen molar-refractivity contribution in [2.24, 2.45) is 5.41 Å². The summed E-state index contributed by atoms with van der Waals surface area (Å²) in [6.07, 6.45) is 0.619. The van der Waals surface area contributed by atoms with Crippen molar-refractivity contribution < 1.29 is 24.3 Å². The van der Waals surface area contributed by atoms with Crippen LogP contribution in [0.3, 0.4) is 0 Å². The fraction of sp³-hybridized carbons (Fsp3) is 0.579. The van der Waals surface area contributed by atoms with Gasteiger partial charge in [-0.3, -0.25) is 19.3 Å². The summed E-state index contributed by atoms with van der Waals surface area (Å²) in [5.74, 6) is -1.38. The zero-order valence-electron chi connectivity index (χ0n) is 16.1. The van der Waals surface area contributed by atoms with Crippen LogP contribution >= 0.6 is 11.3 Å². The molecule has 3 rings (SSSR count). The topological polar surface area (TPSA) is 98.2 Å². The van der Waals surface area contributed by atoms with Gasteiger partial charge in [0, 0.05) is 30.9 Å². The Balaban J connectivity index is 1.61. The van der Waals surface area contributed by atoms with Crippen LogP contribution in [-0.2, 0) is 20.8 Å². The summed E-state index contributed by atoms with van der Waals surface area (Å²) in [5, 5.41) is 10.9. The molecule has 0 aliphatic carbocycles. The molecule has 8 nitrogen and oxygen atoms in total. The van der Waals surface area contributed by atoms with Crippen molar-refractivity contribution in [2.75, 3.05) is 26.2 Å². The van der Waals surface area contributed by atoms with E-state index >= 15 is 0 Å². The number of aliphatic carboxylic acids is 1. The van der Waals surface area contributed by atoms with E-state index in [1.807, 2.05) is 17.5 Å². The predicted molar refractivity (Wildman–Crippen MR) is 103 cm³/mol. The Kier molecular flexibility index (Phi) is 5.74. The Morgan fingerprint density at radius 3 is 2.64 bits per heavy atom. The quantitative estimate of drug-likeness (QED) is 0.693. The molecular weight excluding hydrogens is 382 g/mol. The summed E-state index contributed by atoms with van der Waals surface area (Å²) < 4.78 is 0. The molecule has 3 heterocycles. The maximum absolute atomic E-state index is 12.8. The minimum atomic E-state index is -0.944. The van der Waals surface area contributed by atoms with Crippen LogP contribution in [0.2, 0.25) is 0 Å². The fourth-order valence-electron chi connectivity index (χ4n) is 3.75. The molecule has 28 heavy (non-hydrogen) atoms. The lowest BCUT2D eigenvalue weighted by atomic mass is 9.85. The summed E-state index contributed by atoms with van der Waals surface area (Å²) in [6, 6.07) is 2.98. The van der Waals surface area contributed by atoms with Crippen molar-refractivity contribution in [2.45, 2.75) is 39.2 Å². The molecule has 1 atom stereocenters. The lowest BCUT2D eigenvalue weighted by Gasteiger charge is -2.36. The van der Waals surface area contributed by atoms with E-state index in [2.05, 4.69) is 0 Å². The van der Waals surface area contributed by atoms with Gasteiger partial charge in [-0.2, -0.15) is 0 Å². The smallest absolute Gasteiger partial charge is 0.327 e. The molecule has 1 aromatic rings. The average Bonchev–Trinajstić information content (AvgIpc) is 3.19. The highest BCUT2D eigenvalue weighted by atomic mass is 32.1. The Morgan fingerprint density at radius 1 is 1.25 bits per heavy atom. The van der Waals surface area contributed by atoms with Gasteiger partial charge in [-0.25, -0.2) is 4.79 Å². The molecule has 4 amide bonds. The first-order valence-corrected chi connectivity index (χ1v) is 10.2. The SMILES string of the molecule is CC(C)(CC(=O)O)CC(=O)N1CCN2C(=O)N(CCc3cccs3)C(=O)C2C1. The highest BCUT2D eigenvalue weighted by Crippen LogP contribution is 2.28. The van der Waals surface area contributed by atoms with Crippen LogP contribution in [0.4, 0.5) is 4.79 Å². The van der Waals surface area contributed by atoms with E-state index in [9.17, 15) is 19.2 Å². The van der Waals surface area contributed by atoms with Crippen LogP contribution in [-0.4, -0.2) is 75.8 Å². The van der Waals surface area contributed by atoms with E-state index < -0.39 is 17.4 Å². The Morgan fingerprint density at radius 2 is 2.00 bits per heavy atom. The van der Waals surface area contributed by atoms with Crippen molar-refractivity contribution in [1.29, 1.82) is 0 Å². The second kappa shape index (κ2) is 7.90. The molecule has 2 saturated heterocycles. The number of carboxylic acids is 1. The van der Waals surface area contributed by atoms with E-state index in [-0.39, 0.29) is 37.2 Å². The third kappa shape index (κ3) is 4.35. The minimum absolute atomic E-state index is 0.0935. The molecular formula is C19H25N3O5S. The number of carbonyl (C=O) groups is 4. The van der Waals surface area contributed by atoms with Gasteiger partial charge in [0.25, 0.3) is 5.91 Å². The van der Waals surface area contributed by atoms with E-state index in [4.69, 9.17) is 5.11 Å². The number of rotatable bonds is 7. The minimum Gasteiger partial charge on any atom is -0.481 e. The largest absolute Gasteiger partial charge is 0.481 e. The number of thiophene rings is 1. The Labute approximate surface area is 167 Å². The number of carboxylic acid groups (broad SMARTS) is 1. The zero-order valence-corrected chi connectivity index (χ0v) is 16.9. The monoisotopic (exact) mass is 407 g/mol. The molecule has 152 valence electrons. The van der Waals surface area contributed by atoms with E-state index in [0.717, 1.165) is 4.88 Å². The summed E-state index contributed by atoms with van der Waals surface area (Å²) in [5.41, 5.74) is -0.664. The van der Waals surface area contributed by atoms with Crippen LogP contribution in [0.25, 0.3) is 0 Å². The van der Waals surface area contributed by atoms with Gasteiger partial charge in [-0.15, -0.1) is 11.3 Å². The molecule has 0 spiro atoms. The number of urea groups is 1. The van der Waals surface area contributed by atoms with Crippen LogP contribution in [0.15, 0.2) is 17.5 Å². The zero-order chi connectivity index (χ0) is 20.5. The lowest BCUT2D eigenvalue weighted by molar-refractivity contribution is -0.141. The highest BCUT2D eigenvalue weighted by Gasteiger charge is 2.48. The van der Waals surface area contributed by atoms with Gasteiger partial charge in [-0.05, 0) is 23.3 Å². The van der Waals surface area contributed by atoms with Gasteiger partial charge < -0.3 is 14.9 Å². The summed E-state index contributed by atoms with van der Waals surface area (Å²) in [6.45, 7) is 4.66. The molecule has 2 fully saturated rings. The van der Waals surface area contributed by atoms with Gasteiger partial charge in [0.1, 0.15) is 6.04 Å². The first-order valence-electron chi connectivity index (χ1n) is 9.32. The van der Waals surface area contributed by atoms with Crippen molar-refractivity contribution in [3.05, 3.63) is 22.4 Å². The standard InChI is InChI=1S/C19H25N3O5S/c1-19(2,11-16(24)25)10-15(23)20-7-8-21-14(12-20)17(26)22(18(21)27)6-5-13-4-3-9-28-13/h3-4,9,14H,5-8,10-12H2,1-2H3,(H,24,25). The molecule has 0 radical (unpaired) electrons. The number of hydrogen-bond acceptors (Lipinski definition) is 5. The van der Waals surface area contributed by atoms with Gasteiger partial charge in [0.2, 0.25) is 5.91 Å². The Bertz CT molecular complexity index is 777. The van der Waals surface area contributed by atoms with Crippen LogP contribution in [0.1, 0.15) is 31.6 Å². The molecule has 1 unspecified atom stereocenters. The summed E-state index contributed by atoms with van der Waals surface area (Å²) in [7, 11) is 0. The Hall–Kier alpha value is -2.42. The molecule has 1 aromatic heterocycles. The van der Waals surface area contributed by atoms with Crippen molar-refractivity contribution >= 4 is 35.2 Å². The first-order chi connectivity index (χ1) is 13.2. The third-order valence-electron chi connectivity index (χ3n) is 5.18. The molecule has 0 bridgehead atoms. The maximum atomic E-state index is 12.8. The molecule has 9 heteroatoms. The predicted octanol–water partition coefficient (Wildman–Crippen LogP) is 1.66. The molecule has 0 saturated carbocycles. The number of hydrogen-bond donors (Lipinski definition) is 1. The summed E-state index contributed by atoms with van der Waals surface area (Å²) in [4.78, 5) is 54.5. The van der Waals surface area contributed by atoms with Gasteiger partial charge in [0.15, 0.2) is 0 Å². The van der Waals surface area contributed by atoms with Gasteiger partial charge in [-0.1, -0.05) is 19.9 Å². The van der Waals surface area contributed by atoms with Crippen molar-refractivity contribution in [3.8, 4) is 0 Å². The van der Waals surface area contributed by atoms with E-state index in [1.54, 1.807) is 35.0 Å². The molecule has 2 aliphatic rings.